The first kappa shape index (κ1) is 19.5. The predicted molar refractivity (Wildman–Crippen MR) is 98.8 cm³/mol. The lowest BCUT2D eigenvalue weighted by molar-refractivity contribution is 0.368. The van der Waals surface area contributed by atoms with Crippen molar-refractivity contribution in [1.29, 1.82) is 0 Å². The Morgan fingerprint density at radius 3 is 2.57 bits per heavy atom. The zero-order valence-electron chi connectivity index (χ0n) is 13.7. The van der Waals surface area contributed by atoms with Gasteiger partial charge in [-0.15, -0.1) is 24.0 Å². The van der Waals surface area contributed by atoms with Crippen LogP contribution >= 0.6 is 24.0 Å². The van der Waals surface area contributed by atoms with Gasteiger partial charge < -0.3 is 19.7 Å². The third-order valence-electron chi connectivity index (χ3n) is 3.56. The van der Waals surface area contributed by atoms with E-state index in [1.54, 1.807) is 19.4 Å². The molecule has 0 radical (unpaired) electrons. The molecule has 0 aliphatic heterocycles. The number of aromatic nitrogens is 2. The van der Waals surface area contributed by atoms with E-state index in [1.165, 1.54) is 0 Å². The van der Waals surface area contributed by atoms with Crippen molar-refractivity contribution >= 4 is 29.9 Å². The van der Waals surface area contributed by atoms with Crippen LogP contribution in [0.4, 0.5) is 0 Å². The fraction of sp³-hybridized carbons (Fsp3) is 0.533. The van der Waals surface area contributed by atoms with Crippen LogP contribution in [0, 0.1) is 0 Å². The van der Waals surface area contributed by atoms with Crippen molar-refractivity contribution in [2.75, 3.05) is 7.05 Å². The molecule has 0 aliphatic rings. The molecule has 8 heteroatoms. The first-order chi connectivity index (χ1) is 10.8. The molecule has 7 nitrogen and oxygen atoms in total. The van der Waals surface area contributed by atoms with Gasteiger partial charge in [0.2, 0.25) is 0 Å². The Morgan fingerprint density at radius 1 is 1.22 bits per heavy atom. The van der Waals surface area contributed by atoms with Crippen LogP contribution in [0.25, 0.3) is 0 Å². The number of rotatable bonds is 7. The maximum atomic E-state index is 5.37. The standard InChI is InChI=1S/C15H23N5O2.HI/c1-4-11(5-2)14-8-13(22-20-14)10-18-15(16-3)17-9-12-6-7-21-19-12;/h6-8,11H,4-5,9-10H2,1-3H3,(H2,16,17,18);1H. The Morgan fingerprint density at radius 2 is 1.96 bits per heavy atom. The highest BCUT2D eigenvalue weighted by molar-refractivity contribution is 14.0. The van der Waals surface area contributed by atoms with Gasteiger partial charge in [0.15, 0.2) is 11.7 Å². The predicted octanol–water partition coefficient (Wildman–Crippen LogP) is 3.05. The topological polar surface area (TPSA) is 88.5 Å². The molecular weight excluding hydrogens is 409 g/mol. The summed E-state index contributed by atoms with van der Waals surface area (Å²) in [6, 6.07) is 3.81. The van der Waals surface area contributed by atoms with Crippen molar-refractivity contribution < 1.29 is 9.05 Å². The summed E-state index contributed by atoms with van der Waals surface area (Å²) in [7, 11) is 1.72. The summed E-state index contributed by atoms with van der Waals surface area (Å²) in [5.74, 6) is 1.93. The van der Waals surface area contributed by atoms with Gasteiger partial charge in [0.25, 0.3) is 0 Å². The summed E-state index contributed by atoms with van der Waals surface area (Å²) in [4.78, 5) is 4.15. The van der Waals surface area contributed by atoms with E-state index in [2.05, 4.69) is 39.8 Å². The average Bonchev–Trinajstić information content (AvgIpc) is 3.20. The Kier molecular flexibility index (Phi) is 8.67. The molecule has 0 amide bonds. The van der Waals surface area contributed by atoms with Crippen LogP contribution in [0.15, 0.2) is 32.4 Å². The highest BCUT2D eigenvalue weighted by Gasteiger charge is 2.13. The number of aliphatic imine (C=N–C) groups is 1. The average molecular weight is 433 g/mol. The van der Waals surface area contributed by atoms with Gasteiger partial charge in [-0.05, 0) is 12.8 Å². The van der Waals surface area contributed by atoms with E-state index < -0.39 is 0 Å². The van der Waals surface area contributed by atoms with Crippen molar-refractivity contribution in [3.05, 3.63) is 35.5 Å². The van der Waals surface area contributed by atoms with Crippen LogP contribution in [-0.4, -0.2) is 23.3 Å². The minimum absolute atomic E-state index is 0. The normalized spacial score (nSPS) is 11.4. The van der Waals surface area contributed by atoms with Gasteiger partial charge in [-0.1, -0.05) is 24.2 Å². The highest BCUT2D eigenvalue weighted by atomic mass is 127. The smallest absolute Gasteiger partial charge is 0.191 e. The SMILES string of the molecule is CCC(CC)c1cc(CNC(=NC)NCc2ccon2)on1.I. The zero-order valence-corrected chi connectivity index (χ0v) is 16.0. The minimum Gasteiger partial charge on any atom is -0.364 e. The summed E-state index contributed by atoms with van der Waals surface area (Å²) in [5, 5.41) is 14.3. The van der Waals surface area contributed by atoms with Crippen molar-refractivity contribution in [3.8, 4) is 0 Å². The lowest BCUT2D eigenvalue weighted by Gasteiger charge is -2.09. The molecule has 0 bridgehead atoms. The van der Waals surface area contributed by atoms with Crippen LogP contribution in [0.3, 0.4) is 0 Å². The van der Waals surface area contributed by atoms with Gasteiger partial charge >= 0.3 is 0 Å². The summed E-state index contributed by atoms with van der Waals surface area (Å²) < 4.78 is 10.2. The number of nitrogens with one attached hydrogen (secondary N) is 2. The van der Waals surface area contributed by atoms with Gasteiger partial charge in [-0.3, -0.25) is 4.99 Å². The maximum Gasteiger partial charge on any atom is 0.191 e. The number of nitrogens with zero attached hydrogens (tertiary/aromatic N) is 3. The molecule has 0 unspecified atom stereocenters. The first-order valence-corrected chi connectivity index (χ1v) is 7.56. The molecule has 128 valence electrons. The van der Waals surface area contributed by atoms with Crippen molar-refractivity contribution in [1.82, 2.24) is 20.9 Å². The molecule has 0 aromatic carbocycles. The summed E-state index contributed by atoms with van der Waals surface area (Å²) in [6.45, 7) is 5.41. The lowest BCUT2D eigenvalue weighted by Crippen LogP contribution is -2.36. The van der Waals surface area contributed by atoms with E-state index >= 15 is 0 Å². The largest absolute Gasteiger partial charge is 0.364 e. The maximum absolute atomic E-state index is 5.37. The Bertz CT molecular complexity index is 578. The monoisotopic (exact) mass is 433 g/mol. The van der Waals surface area contributed by atoms with Crippen molar-refractivity contribution in [2.24, 2.45) is 4.99 Å². The summed E-state index contributed by atoms with van der Waals surface area (Å²) in [5.41, 5.74) is 1.84. The van der Waals surface area contributed by atoms with Crippen LogP contribution in [0.1, 0.15) is 49.8 Å². The van der Waals surface area contributed by atoms with Gasteiger partial charge in [0.05, 0.1) is 18.8 Å². The van der Waals surface area contributed by atoms with E-state index in [0.29, 0.717) is 25.0 Å². The molecule has 2 rings (SSSR count). The molecule has 0 saturated heterocycles. The third-order valence-corrected chi connectivity index (χ3v) is 3.56. The second-order valence-corrected chi connectivity index (χ2v) is 5.00. The van der Waals surface area contributed by atoms with E-state index in [-0.39, 0.29) is 24.0 Å². The number of hydrogen-bond acceptors (Lipinski definition) is 5. The van der Waals surface area contributed by atoms with Crippen LogP contribution in [0.2, 0.25) is 0 Å². The molecule has 2 aromatic rings. The van der Waals surface area contributed by atoms with E-state index in [0.717, 1.165) is 30.0 Å². The Labute approximate surface area is 153 Å². The molecule has 2 aromatic heterocycles. The lowest BCUT2D eigenvalue weighted by atomic mass is 9.99. The summed E-state index contributed by atoms with van der Waals surface area (Å²) >= 11 is 0. The van der Waals surface area contributed by atoms with Crippen LogP contribution < -0.4 is 10.6 Å². The molecule has 2 heterocycles. The van der Waals surface area contributed by atoms with Gasteiger partial charge in [0.1, 0.15) is 12.0 Å². The van der Waals surface area contributed by atoms with Crippen LogP contribution in [-0.2, 0) is 13.1 Å². The van der Waals surface area contributed by atoms with E-state index in [9.17, 15) is 0 Å². The number of hydrogen-bond donors (Lipinski definition) is 2. The molecule has 23 heavy (non-hydrogen) atoms. The zero-order chi connectivity index (χ0) is 15.8. The Balaban J connectivity index is 0.00000264. The second-order valence-electron chi connectivity index (χ2n) is 5.00. The molecule has 2 N–H and O–H groups in total. The van der Waals surface area contributed by atoms with E-state index in [4.69, 9.17) is 9.05 Å². The highest BCUT2D eigenvalue weighted by Crippen LogP contribution is 2.22. The van der Waals surface area contributed by atoms with Gasteiger partial charge in [-0.25, -0.2) is 0 Å². The molecule has 0 atom stereocenters. The second kappa shape index (κ2) is 10.2. The summed E-state index contributed by atoms with van der Waals surface area (Å²) in [6.07, 6.45) is 3.68. The molecule has 0 fully saturated rings. The third kappa shape index (κ3) is 5.85. The molecular formula is C15H24IN5O2. The molecule has 0 aliphatic carbocycles. The quantitative estimate of drug-likeness (QED) is 0.397. The fourth-order valence-corrected chi connectivity index (χ4v) is 2.21. The fourth-order valence-electron chi connectivity index (χ4n) is 2.21. The number of halogens is 1. The van der Waals surface area contributed by atoms with Crippen molar-refractivity contribution in [3.63, 3.8) is 0 Å². The van der Waals surface area contributed by atoms with Gasteiger partial charge in [-0.2, -0.15) is 0 Å². The minimum atomic E-state index is 0. The molecule has 0 spiro atoms. The number of guanidine groups is 1. The van der Waals surface area contributed by atoms with Crippen LogP contribution in [0.5, 0.6) is 0 Å². The first-order valence-electron chi connectivity index (χ1n) is 7.56. The Hall–Kier alpha value is -1.58. The van der Waals surface area contributed by atoms with E-state index in [1.807, 2.05) is 6.07 Å². The van der Waals surface area contributed by atoms with Gasteiger partial charge in [0, 0.05) is 25.1 Å². The molecule has 0 saturated carbocycles. The van der Waals surface area contributed by atoms with Crippen molar-refractivity contribution in [2.45, 2.75) is 45.7 Å².